The molecule has 0 saturated carbocycles. The molecule has 2 aromatic rings. The van der Waals surface area contributed by atoms with Crippen molar-refractivity contribution in [2.45, 2.75) is 0 Å². The Kier molecular flexibility index (Phi) is 1.93. The van der Waals surface area contributed by atoms with Crippen LogP contribution in [-0.4, -0.2) is 15.1 Å². The predicted molar refractivity (Wildman–Crippen MR) is 43.7 cm³/mol. The number of hydrogen-bond donors (Lipinski definition) is 0. The Hall–Kier alpha value is -1.89. The standard InChI is InChI=1S/C6H2ClN3O4/c7-6-8-5(14-9-6)3-1-2-4(13-3)10(11)12/h1-2H. The molecule has 72 valence electrons. The number of nitrogens with zero attached hydrogens (tertiary/aromatic N) is 3. The highest BCUT2D eigenvalue weighted by molar-refractivity contribution is 6.28. The van der Waals surface area contributed by atoms with Crippen LogP contribution in [0.25, 0.3) is 11.7 Å². The summed E-state index contributed by atoms with van der Waals surface area (Å²) in [5, 5.41) is 13.5. The summed E-state index contributed by atoms with van der Waals surface area (Å²) in [6.07, 6.45) is 0. The van der Waals surface area contributed by atoms with Crippen molar-refractivity contribution in [1.82, 2.24) is 10.1 Å². The van der Waals surface area contributed by atoms with Crippen LogP contribution < -0.4 is 0 Å². The van der Waals surface area contributed by atoms with Crippen molar-refractivity contribution < 1.29 is 13.9 Å². The van der Waals surface area contributed by atoms with Crippen LogP contribution in [0.3, 0.4) is 0 Å². The molecule has 0 amide bonds. The zero-order chi connectivity index (χ0) is 10.1. The van der Waals surface area contributed by atoms with Crippen LogP contribution in [0.2, 0.25) is 5.28 Å². The van der Waals surface area contributed by atoms with E-state index in [0.29, 0.717) is 0 Å². The molecule has 0 saturated heterocycles. The smallest absolute Gasteiger partial charge is 0.395 e. The SMILES string of the molecule is O=[N+]([O-])c1ccc(-c2nc(Cl)no2)o1. The van der Waals surface area contributed by atoms with Crippen molar-refractivity contribution in [3.63, 3.8) is 0 Å². The largest absolute Gasteiger partial charge is 0.433 e. The Morgan fingerprint density at radius 2 is 2.29 bits per heavy atom. The van der Waals surface area contributed by atoms with Gasteiger partial charge >= 0.3 is 5.88 Å². The topological polar surface area (TPSA) is 95.2 Å². The quantitative estimate of drug-likeness (QED) is 0.561. The summed E-state index contributed by atoms with van der Waals surface area (Å²) in [5.74, 6) is -0.284. The molecule has 0 fully saturated rings. The number of nitro groups is 1. The molecular formula is C6H2ClN3O4. The Morgan fingerprint density at radius 3 is 2.79 bits per heavy atom. The summed E-state index contributed by atoms with van der Waals surface area (Å²) >= 11 is 5.39. The van der Waals surface area contributed by atoms with Gasteiger partial charge in [0.1, 0.15) is 4.92 Å². The zero-order valence-corrected chi connectivity index (χ0v) is 7.26. The highest BCUT2D eigenvalue weighted by atomic mass is 35.5. The number of rotatable bonds is 2. The molecule has 0 spiro atoms. The van der Waals surface area contributed by atoms with Gasteiger partial charge in [-0.2, -0.15) is 4.98 Å². The average Bonchev–Trinajstić information content (AvgIpc) is 2.70. The van der Waals surface area contributed by atoms with Gasteiger partial charge in [0.25, 0.3) is 11.2 Å². The van der Waals surface area contributed by atoms with Crippen molar-refractivity contribution in [2.24, 2.45) is 0 Å². The van der Waals surface area contributed by atoms with Crippen LogP contribution in [0.5, 0.6) is 0 Å². The molecule has 7 nitrogen and oxygen atoms in total. The minimum atomic E-state index is -0.665. The number of furan rings is 1. The molecule has 8 heteroatoms. The molecule has 0 atom stereocenters. The highest BCUT2D eigenvalue weighted by Gasteiger charge is 2.17. The first-order valence-corrected chi connectivity index (χ1v) is 3.78. The van der Waals surface area contributed by atoms with Crippen molar-refractivity contribution in [1.29, 1.82) is 0 Å². The first-order chi connectivity index (χ1) is 6.66. The van der Waals surface area contributed by atoms with Gasteiger partial charge in [-0.05, 0) is 22.8 Å². The lowest BCUT2D eigenvalue weighted by Crippen LogP contribution is -1.82. The number of aromatic nitrogens is 2. The molecule has 0 radical (unpaired) electrons. The summed E-state index contributed by atoms with van der Waals surface area (Å²) in [7, 11) is 0. The van der Waals surface area contributed by atoms with E-state index in [1.807, 2.05) is 0 Å². The van der Waals surface area contributed by atoms with Crippen LogP contribution in [0.15, 0.2) is 21.1 Å². The Morgan fingerprint density at radius 1 is 1.50 bits per heavy atom. The molecule has 0 aliphatic heterocycles. The van der Waals surface area contributed by atoms with Gasteiger partial charge in [0.15, 0.2) is 5.76 Å². The fourth-order valence-corrected chi connectivity index (χ4v) is 0.958. The summed E-state index contributed by atoms with van der Waals surface area (Å²) in [5.41, 5.74) is 0. The van der Waals surface area contributed by atoms with Gasteiger partial charge < -0.3 is 8.94 Å². The lowest BCUT2D eigenvalue weighted by atomic mass is 10.4. The van der Waals surface area contributed by atoms with Gasteiger partial charge in [-0.25, -0.2) is 0 Å². The minimum Gasteiger partial charge on any atom is -0.395 e. The summed E-state index contributed by atoms with van der Waals surface area (Å²) < 4.78 is 9.42. The highest BCUT2D eigenvalue weighted by Crippen LogP contribution is 2.24. The Labute approximate surface area is 81.4 Å². The fraction of sp³-hybridized carbons (Fsp3) is 0. The molecule has 0 aromatic carbocycles. The maximum atomic E-state index is 10.3. The summed E-state index contributed by atoms with van der Waals surface area (Å²) in [4.78, 5) is 13.2. The van der Waals surface area contributed by atoms with Gasteiger partial charge in [-0.1, -0.05) is 0 Å². The molecule has 0 unspecified atom stereocenters. The van der Waals surface area contributed by atoms with Crippen LogP contribution in [0, 0.1) is 10.1 Å². The monoisotopic (exact) mass is 215 g/mol. The van der Waals surface area contributed by atoms with Crippen molar-refractivity contribution in [3.8, 4) is 11.7 Å². The van der Waals surface area contributed by atoms with E-state index in [1.54, 1.807) is 0 Å². The third-order valence-electron chi connectivity index (χ3n) is 1.38. The molecule has 2 aromatic heterocycles. The van der Waals surface area contributed by atoms with E-state index in [0.717, 1.165) is 0 Å². The van der Waals surface area contributed by atoms with Crippen LogP contribution in [0.1, 0.15) is 0 Å². The lowest BCUT2D eigenvalue weighted by Gasteiger charge is -1.83. The van der Waals surface area contributed by atoms with E-state index < -0.39 is 10.8 Å². The van der Waals surface area contributed by atoms with Gasteiger partial charge in [0, 0.05) is 0 Å². The molecule has 0 aliphatic rings. The first kappa shape index (κ1) is 8.70. The second kappa shape index (κ2) is 3.11. The third-order valence-corrected chi connectivity index (χ3v) is 1.54. The van der Waals surface area contributed by atoms with Crippen LogP contribution in [0.4, 0.5) is 5.88 Å². The van der Waals surface area contributed by atoms with Gasteiger partial charge in [0.05, 0.1) is 6.07 Å². The molecule has 0 N–H and O–H groups in total. The Bertz CT molecular complexity index is 477. The first-order valence-electron chi connectivity index (χ1n) is 3.40. The van der Waals surface area contributed by atoms with E-state index in [2.05, 4.69) is 14.7 Å². The number of hydrogen-bond acceptors (Lipinski definition) is 6. The third kappa shape index (κ3) is 1.44. The zero-order valence-electron chi connectivity index (χ0n) is 6.51. The van der Waals surface area contributed by atoms with E-state index in [4.69, 9.17) is 16.0 Å². The molecular weight excluding hydrogens is 214 g/mol. The molecule has 14 heavy (non-hydrogen) atoms. The fourth-order valence-electron chi connectivity index (χ4n) is 0.846. The van der Waals surface area contributed by atoms with Gasteiger partial charge in [-0.3, -0.25) is 10.1 Å². The van der Waals surface area contributed by atoms with Gasteiger partial charge in [-0.15, -0.1) is 0 Å². The lowest BCUT2D eigenvalue weighted by molar-refractivity contribution is -0.401. The van der Waals surface area contributed by atoms with Gasteiger partial charge in [0.2, 0.25) is 0 Å². The summed E-state index contributed by atoms with van der Waals surface area (Å²) in [6, 6.07) is 2.54. The van der Waals surface area contributed by atoms with E-state index in [1.165, 1.54) is 12.1 Å². The summed E-state index contributed by atoms with van der Waals surface area (Å²) in [6.45, 7) is 0. The predicted octanol–water partition coefficient (Wildman–Crippen LogP) is 1.89. The van der Waals surface area contributed by atoms with E-state index in [-0.39, 0.29) is 16.9 Å². The van der Waals surface area contributed by atoms with Crippen molar-refractivity contribution >= 4 is 17.5 Å². The second-order valence-electron chi connectivity index (χ2n) is 2.26. The molecule has 2 rings (SSSR count). The van der Waals surface area contributed by atoms with Crippen LogP contribution in [-0.2, 0) is 0 Å². The maximum Gasteiger partial charge on any atom is 0.433 e. The second-order valence-corrected chi connectivity index (χ2v) is 2.60. The van der Waals surface area contributed by atoms with E-state index in [9.17, 15) is 10.1 Å². The van der Waals surface area contributed by atoms with Crippen molar-refractivity contribution in [3.05, 3.63) is 27.5 Å². The normalized spacial score (nSPS) is 10.4. The minimum absolute atomic E-state index is 0.00287. The molecule has 2 heterocycles. The van der Waals surface area contributed by atoms with Crippen molar-refractivity contribution in [2.75, 3.05) is 0 Å². The van der Waals surface area contributed by atoms with E-state index >= 15 is 0 Å². The Balaban J connectivity index is 2.38. The van der Waals surface area contributed by atoms with Crippen LogP contribution >= 0.6 is 11.6 Å². The molecule has 0 bridgehead atoms. The molecule has 0 aliphatic carbocycles. The maximum absolute atomic E-state index is 10.3. The average molecular weight is 216 g/mol. The number of halogens is 1.